The number of aliphatic hydroxyl groups excluding tert-OH is 1. The van der Waals surface area contributed by atoms with Crippen LogP contribution in [0, 0.1) is 0 Å². The minimum absolute atomic E-state index is 0. The Morgan fingerprint density at radius 3 is 2.23 bits per heavy atom. The van der Waals surface area contributed by atoms with E-state index in [1.165, 1.54) is 12.8 Å². The number of rotatable bonds is 2. The first-order chi connectivity index (χ1) is 13.7. The number of carbonyl (C=O) groups is 1. The quantitative estimate of drug-likeness (QED) is 0.336. The zero-order valence-electron chi connectivity index (χ0n) is 17.8. The van der Waals surface area contributed by atoms with Gasteiger partial charge in [0.25, 0.3) is 0 Å². The number of aromatic amines is 2. The molecule has 0 amide bonds. The average molecular weight is 417 g/mol. The summed E-state index contributed by atoms with van der Waals surface area (Å²) in [4.78, 5) is 10.6. The summed E-state index contributed by atoms with van der Waals surface area (Å²) >= 11 is 0. The van der Waals surface area contributed by atoms with Crippen molar-refractivity contribution in [3.63, 3.8) is 0 Å². The summed E-state index contributed by atoms with van der Waals surface area (Å²) in [6.07, 6.45) is 2.56. The molecular weight excluding hydrogens is 394 g/mol. The molecule has 5 rings (SSSR count). The summed E-state index contributed by atoms with van der Waals surface area (Å²) in [5.41, 5.74) is 2.50. The van der Waals surface area contributed by atoms with Crippen molar-refractivity contribution in [1.82, 2.24) is 20.4 Å². The van der Waals surface area contributed by atoms with Crippen LogP contribution in [0.3, 0.4) is 0 Å². The molecule has 30 heavy (non-hydrogen) atoms. The minimum Gasteiger partial charge on any atom is -1.00 e. The van der Waals surface area contributed by atoms with Crippen molar-refractivity contribution in [2.45, 2.75) is 19.4 Å². The van der Waals surface area contributed by atoms with Gasteiger partial charge in [-0.25, -0.2) is 4.79 Å². The summed E-state index contributed by atoms with van der Waals surface area (Å²) in [6, 6.07) is 14.8. The Kier molecular flexibility index (Phi) is 11.5. The van der Waals surface area contributed by atoms with Gasteiger partial charge in [0.05, 0.1) is 23.3 Å². The number of H-pyrrole nitrogens is 2. The number of benzene rings is 2. The Bertz CT molecular complexity index is 1050. The summed E-state index contributed by atoms with van der Waals surface area (Å²) in [5.74, 6) is -1.01. The molecule has 8 nitrogen and oxygen atoms in total. The van der Waals surface area contributed by atoms with E-state index in [0.29, 0.717) is 5.39 Å². The van der Waals surface area contributed by atoms with Crippen LogP contribution in [0.5, 0.6) is 0 Å². The third kappa shape index (κ3) is 6.72. The number of ether oxygens (including phenoxy) is 1. The van der Waals surface area contributed by atoms with Gasteiger partial charge in [0.15, 0.2) is 5.69 Å². The van der Waals surface area contributed by atoms with Crippen molar-refractivity contribution in [3.8, 4) is 0 Å². The first kappa shape index (κ1) is 25.9. The van der Waals surface area contributed by atoms with E-state index in [1.807, 2.05) is 30.3 Å². The van der Waals surface area contributed by atoms with Gasteiger partial charge >= 0.3 is 24.8 Å². The summed E-state index contributed by atoms with van der Waals surface area (Å²) in [5, 5.41) is 32.3. The standard InChI is InChI=1S/C8H6N2O2.C8H8N2O.C4H8O.Al.Li.H/c11-8(12)7-5-3-1-2-4-6(5)9-10-7;11-5-8-6-3-1-2-4-7(6)9-10-8;1-2-4-5-3-1;;;/h1-4H,(H,9,10)(H,11,12);1-4,11H,5H2,(H,9,10);1-4H2;;;/q;;;;+1;-1. The molecule has 3 radical (unpaired) electrons. The normalized spacial score (nSPS) is 12.0. The molecule has 4 aromatic rings. The topological polar surface area (TPSA) is 124 Å². The van der Waals surface area contributed by atoms with E-state index in [9.17, 15) is 4.79 Å². The molecule has 0 unspecified atom stereocenters. The predicted molar refractivity (Wildman–Crippen MR) is 112 cm³/mol. The fourth-order valence-electron chi connectivity index (χ4n) is 2.77. The Hall–Kier alpha value is -2.10. The van der Waals surface area contributed by atoms with E-state index in [2.05, 4.69) is 20.4 Å². The smallest absolute Gasteiger partial charge is 1.00 e. The molecule has 151 valence electrons. The first-order valence-corrected chi connectivity index (χ1v) is 8.97. The van der Waals surface area contributed by atoms with Gasteiger partial charge in [0.2, 0.25) is 0 Å². The van der Waals surface area contributed by atoms with Crippen LogP contribution in [-0.4, -0.2) is 67.2 Å². The number of nitrogens with zero attached hydrogens (tertiary/aromatic N) is 2. The molecular formula is C20H23AlLiN4O4. The molecule has 0 spiro atoms. The summed E-state index contributed by atoms with van der Waals surface area (Å²) < 4.78 is 4.94. The Labute approximate surface area is 197 Å². The fraction of sp³-hybridized carbons (Fsp3) is 0.250. The van der Waals surface area contributed by atoms with Crippen LogP contribution in [0.15, 0.2) is 48.5 Å². The van der Waals surface area contributed by atoms with Crippen LogP contribution in [0.4, 0.5) is 0 Å². The van der Waals surface area contributed by atoms with Gasteiger partial charge in [-0.1, -0.05) is 36.4 Å². The molecule has 2 aromatic carbocycles. The van der Waals surface area contributed by atoms with Crippen molar-refractivity contribution < 1.29 is 40.0 Å². The Balaban J connectivity index is 0.000000443. The number of hydrogen-bond acceptors (Lipinski definition) is 5. The molecule has 4 N–H and O–H groups in total. The van der Waals surface area contributed by atoms with Gasteiger partial charge in [-0.05, 0) is 25.0 Å². The minimum atomic E-state index is -1.01. The third-order valence-corrected chi connectivity index (χ3v) is 4.20. The van der Waals surface area contributed by atoms with Gasteiger partial charge in [-0.15, -0.1) is 0 Å². The van der Waals surface area contributed by atoms with E-state index >= 15 is 0 Å². The number of aliphatic hydroxyl groups is 1. The maximum atomic E-state index is 10.6. The first-order valence-electron chi connectivity index (χ1n) is 8.97. The van der Waals surface area contributed by atoms with E-state index < -0.39 is 5.97 Å². The molecule has 1 aliphatic heterocycles. The maximum Gasteiger partial charge on any atom is 1.00 e. The number of para-hydroxylation sites is 2. The number of carboxylic acid groups (broad SMARTS) is 1. The second-order valence-corrected chi connectivity index (χ2v) is 6.12. The van der Waals surface area contributed by atoms with Gasteiger partial charge < -0.3 is 16.4 Å². The van der Waals surface area contributed by atoms with E-state index in [0.717, 1.165) is 35.3 Å². The van der Waals surface area contributed by atoms with Crippen LogP contribution in [0.25, 0.3) is 21.8 Å². The van der Waals surface area contributed by atoms with Gasteiger partial charge in [-0.2, -0.15) is 10.2 Å². The summed E-state index contributed by atoms with van der Waals surface area (Å²) in [7, 11) is 0. The SMILES string of the molecule is C1CCOC1.O=C(O)c1n[nH]c2ccccc12.OCc1[nH]nc2ccccc12.[Al].[H-].[Li+]. The number of fused-ring (bicyclic) bond motifs is 2. The van der Waals surface area contributed by atoms with Crippen molar-refractivity contribution in [1.29, 1.82) is 0 Å². The molecule has 1 saturated heterocycles. The number of carboxylic acids is 1. The summed E-state index contributed by atoms with van der Waals surface area (Å²) in [6.45, 7) is 2.01. The van der Waals surface area contributed by atoms with Crippen LogP contribution in [0.1, 0.15) is 30.5 Å². The molecule has 1 aliphatic rings. The number of nitrogens with one attached hydrogen (secondary N) is 2. The number of aromatic nitrogens is 4. The third-order valence-electron chi connectivity index (χ3n) is 4.20. The molecule has 10 heteroatoms. The van der Waals surface area contributed by atoms with Gasteiger partial charge in [-0.3, -0.25) is 10.2 Å². The molecule has 0 saturated carbocycles. The number of hydrogen-bond donors (Lipinski definition) is 4. The monoisotopic (exact) mass is 417 g/mol. The molecule has 0 atom stereocenters. The van der Waals surface area contributed by atoms with Crippen molar-refractivity contribution in [2.24, 2.45) is 0 Å². The van der Waals surface area contributed by atoms with Crippen LogP contribution in [-0.2, 0) is 11.3 Å². The second-order valence-electron chi connectivity index (χ2n) is 6.12. The van der Waals surface area contributed by atoms with Crippen molar-refractivity contribution in [3.05, 3.63) is 59.9 Å². The molecule has 2 aromatic heterocycles. The molecule has 3 heterocycles. The molecule has 0 bridgehead atoms. The van der Waals surface area contributed by atoms with Gasteiger partial charge in [0.1, 0.15) is 0 Å². The van der Waals surface area contributed by atoms with Gasteiger partial charge in [0, 0.05) is 41.3 Å². The van der Waals surface area contributed by atoms with Crippen LogP contribution >= 0.6 is 0 Å². The Morgan fingerprint density at radius 2 is 1.63 bits per heavy atom. The van der Waals surface area contributed by atoms with Crippen LogP contribution in [0.2, 0.25) is 0 Å². The molecule has 1 fully saturated rings. The molecule has 0 aliphatic carbocycles. The predicted octanol–water partition coefficient (Wildman–Crippen LogP) is -0.151. The maximum absolute atomic E-state index is 10.6. The number of aromatic carboxylic acids is 1. The average Bonchev–Trinajstić information content (AvgIpc) is 3.49. The van der Waals surface area contributed by atoms with E-state index in [-0.39, 0.29) is 49.9 Å². The van der Waals surface area contributed by atoms with Crippen molar-refractivity contribution in [2.75, 3.05) is 13.2 Å². The fourth-order valence-corrected chi connectivity index (χ4v) is 2.77. The largest absolute Gasteiger partial charge is 1.00 e. The van der Waals surface area contributed by atoms with E-state index in [4.69, 9.17) is 14.9 Å². The Morgan fingerprint density at radius 1 is 1.00 bits per heavy atom. The van der Waals surface area contributed by atoms with Crippen LogP contribution < -0.4 is 18.9 Å². The second kappa shape index (κ2) is 13.3. The zero-order valence-corrected chi connectivity index (χ0v) is 18.0. The van der Waals surface area contributed by atoms with E-state index in [1.54, 1.807) is 18.2 Å². The van der Waals surface area contributed by atoms with Crippen molar-refractivity contribution >= 4 is 45.1 Å². The zero-order chi connectivity index (χ0) is 19.8.